The zero-order chi connectivity index (χ0) is 29.6. The third-order valence-corrected chi connectivity index (χ3v) is 9.52. The normalized spacial score (nSPS) is 31.1. The highest BCUT2D eigenvalue weighted by atomic mass is 35.5. The van der Waals surface area contributed by atoms with Crippen LogP contribution in [-0.2, 0) is 30.3 Å². The SMILES string of the molecule is CC[C@@]12C=CCCOC(=O)[C@@H]1[C@H]1C(=O)N([C@@H](CO)Cc3ccccc3)C3C(=O)N(c4c(C)cccc4Cl)CC=C[C@@]31O2. The number of carbonyl (C=O) groups is 3. The lowest BCUT2D eigenvalue weighted by Gasteiger charge is -2.41. The number of benzene rings is 2. The monoisotopic (exact) mass is 590 g/mol. The molecule has 2 amide bonds. The molecule has 2 aromatic rings. The Morgan fingerprint density at radius 3 is 2.52 bits per heavy atom. The lowest BCUT2D eigenvalue weighted by molar-refractivity contribution is -0.161. The minimum absolute atomic E-state index is 0.201. The van der Waals surface area contributed by atoms with Crippen LogP contribution in [0.5, 0.6) is 0 Å². The Labute approximate surface area is 250 Å². The van der Waals surface area contributed by atoms with Crippen molar-refractivity contribution < 1.29 is 29.0 Å². The van der Waals surface area contributed by atoms with Gasteiger partial charge in [0.05, 0.1) is 35.9 Å². The molecule has 0 aromatic heterocycles. The quantitative estimate of drug-likeness (QED) is 0.403. The van der Waals surface area contributed by atoms with Gasteiger partial charge in [-0.3, -0.25) is 14.4 Å². The number of rotatable bonds is 6. The number of ether oxygens (including phenoxy) is 2. The largest absolute Gasteiger partial charge is 0.465 e. The molecule has 1 spiro atoms. The minimum Gasteiger partial charge on any atom is -0.465 e. The molecule has 4 aliphatic rings. The predicted molar refractivity (Wildman–Crippen MR) is 158 cm³/mol. The number of nitrogens with zero attached hydrogens (tertiary/aromatic N) is 2. The molecule has 1 unspecified atom stereocenters. The molecule has 4 heterocycles. The molecule has 6 atom stereocenters. The van der Waals surface area contributed by atoms with Crippen LogP contribution in [0, 0.1) is 18.8 Å². The molecule has 0 radical (unpaired) electrons. The van der Waals surface area contributed by atoms with Gasteiger partial charge in [0.15, 0.2) is 0 Å². The van der Waals surface area contributed by atoms with E-state index >= 15 is 0 Å². The Kier molecular flexibility index (Phi) is 7.50. The summed E-state index contributed by atoms with van der Waals surface area (Å²) in [6, 6.07) is 13.1. The highest BCUT2D eigenvalue weighted by molar-refractivity contribution is 6.34. The fourth-order valence-electron chi connectivity index (χ4n) is 7.36. The molecule has 0 bridgehead atoms. The predicted octanol–water partition coefficient (Wildman–Crippen LogP) is 4.02. The van der Waals surface area contributed by atoms with Crippen LogP contribution < -0.4 is 4.90 Å². The van der Waals surface area contributed by atoms with Crippen molar-refractivity contribution in [3.05, 3.63) is 89.0 Å². The maximum Gasteiger partial charge on any atom is 0.313 e. The van der Waals surface area contributed by atoms with E-state index in [2.05, 4.69) is 0 Å². The van der Waals surface area contributed by atoms with Crippen LogP contribution in [0.3, 0.4) is 0 Å². The molecule has 8 nitrogen and oxygen atoms in total. The van der Waals surface area contributed by atoms with E-state index in [0.717, 1.165) is 11.1 Å². The summed E-state index contributed by atoms with van der Waals surface area (Å²) in [5.41, 5.74) is -0.324. The number of fused-ring (bicyclic) bond motifs is 2. The van der Waals surface area contributed by atoms with Crippen LogP contribution in [0.2, 0.25) is 5.02 Å². The average molecular weight is 591 g/mol. The second-order valence-electron chi connectivity index (χ2n) is 11.5. The Bertz CT molecular complexity index is 1440. The van der Waals surface area contributed by atoms with E-state index < -0.39 is 47.0 Å². The average Bonchev–Trinajstić information content (AvgIpc) is 3.33. The van der Waals surface area contributed by atoms with Gasteiger partial charge in [0.25, 0.3) is 5.91 Å². The molecule has 4 aliphatic heterocycles. The van der Waals surface area contributed by atoms with Crippen LogP contribution in [0.1, 0.15) is 30.9 Å². The maximum absolute atomic E-state index is 14.9. The van der Waals surface area contributed by atoms with E-state index in [4.69, 9.17) is 21.1 Å². The third-order valence-electron chi connectivity index (χ3n) is 9.22. The lowest BCUT2D eigenvalue weighted by Crippen LogP contribution is -2.59. The first-order valence-electron chi connectivity index (χ1n) is 14.5. The number of aliphatic hydroxyl groups excluding tert-OH is 1. The fourth-order valence-corrected chi connectivity index (χ4v) is 7.69. The van der Waals surface area contributed by atoms with Crippen LogP contribution in [0.15, 0.2) is 72.8 Å². The minimum atomic E-state index is -1.46. The van der Waals surface area contributed by atoms with Gasteiger partial charge in [-0.25, -0.2) is 0 Å². The third kappa shape index (κ3) is 4.31. The number of likely N-dealkylation sites (tertiary alicyclic amines) is 1. The molecule has 0 saturated carbocycles. The Hall–Kier alpha value is -3.46. The van der Waals surface area contributed by atoms with Crippen molar-refractivity contribution in [2.45, 2.75) is 56.4 Å². The molecule has 0 aliphatic carbocycles. The summed E-state index contributed by atoms with van der Waals surface area (Å²) in [5, 5.41) is 11.1. The molecule has 2 saturated heterocycles. The van der Waals surface area contributed by atoms with Crippen molar-refractivity contribution >= 4 is 35.1 Å². The van der Waals surface area contributed by atoms with Gasteiger partial charge in [-0.1, -0.05) is 85.3 Å². The summed E-state index contributed by atoms with van der Waals surface area (Å²) < 4.78 is 12.6. The van der Waals surface area contributed by atoms with Crippen molar-refractivity contribution in [2.75, 3.05) is 24.7 Å². The Morgan fingerprint density at radius 2 is 1.81 bits per heavy atom. The molecule has 2 fully saturated rings. The van der Waals surface area contributed by atoms with Crippen LogP contribution in [-0.4, -0.2) is 70.8 Å². The molecule has 1 N–H and O–H groups in total. The smallest absolute Gasteiger partial charge is 0.313 e. The molecular weight excluding hydrogens is 556 g/mol. The summed E-state index contributed by atoms with van der Waals surface area (Å²) in [5.74, 6) is -3.27. The number of hydrogen-bond acceptors (Lipinski definition) is 6. The second-order valence-corrected chi connectivity index (χ2v) is 11.9. The first kappa shape index (κ1) is 28.6. The molecule has 9 heteroatoms. The second kappa shape index (κ2) is 11.0. The van der Waals surface area contributed by atoms with Crippen molar-refractivity contribution in [3.63, 3.8) is 0 Å². The van der Waals surface area contributed by atoms with E-state index in [1.165, 1.54) is 4.90 Å². The van der Waals surface area contributed by atoms with Crippen LogP contribution in [0.4, 0.5) is 5.69 Å². The highest BCUT2D eigenvalue weighted by Gasteiger charge is 2.76. The number of esters is 1. The van der Waals surface area contributed by atoms with E-state index in [1.54, 1.807) is 17.0 Å². The number of cyclic esters (lactones) is 1. The molecule has 42 heavy (non-hydrogen) atoms. The van der Waals surface area contributed by atoms with Gasteiger partial charge in [-0.05, 0) is 43.4 Å². The number of aryl methyl sites for hydroxylation is 1. The van der Waals surface area contributed by atoms with Crippen molar-refractivity contribution in [2.24, 2.45) is 11.8 Å². The van der Waals surface area contributed by atoms with E-state index in [-0.39, 0.29) is 25.7 Å². The first-order valence-corrected chi connectivity index (χ1v) is 14.9. The summed E-state index contributed by atoms with van der Waals surface area (Å²) in [4.78, 5) is 46.3. The number of para-hydroxylation sites is 1. The number of carbonyl (C=O) groups excluding carboxylic acids is 3. The van der Waals surface area contributed by atoms with Gasteiger partial charge >= 0.3 is 5.97 Å². The number of aliphatic hydroxyl groups is 1. The number of amides is 2. The standard InChI is InChI=1S/C33H35ClN2O6/c1-3-32-15-7-8-18-41-31(40)26(32)25-29(38)36(23(20-37)19-22-12-5-4-6-13-22)28-30(39)35(17-10-16-33(25,28)42-32)27-21(2)11-9-14-24(27)34/h4-7,9-16,23,25-26,28,37H,3,8,17-20H2,1-2H3/t23-,25+,26+,28?,32-,33+/m1/s1. The van der Waals surface area contributed by atoms with Gasteiger partial charge in [0.2, 0.25) is 5.91 Å². The van der Waals surface area contributed by atoms with Gasteiger partial charge in [0, 0.05) is 6.54 Å². The van der Waals surface area contributed by atoms with Crippen molar-refractivity contribution in [1.29, 1.82) is 0 Å². The topological polar surface area (TPSA) is 96.4 Å². The Morgan fingerprint density at radius 1 is 1.02 bits per heavy atom. The van der Waals surface area contributed by atoms with Gasteiger partial charge in [-0.2, -0.15) is 0 Å². The highest BCUT2D eigenvalue weighted by Crippen LogP contribution is 2.59. The van der Waals surface area contributed by atoms with E-state index in [1.807, 2.05) is 74.5 Å². The molecule has 220 valence electrons. The van der Waals surface area contributed by atoms with Crippen LogP contribution >= 0.6 is 11.6 Å². The number of hydrogen-bond donors (Lipinski definition) is 1. The summed E-state index contributed by atoms with van der Waals surface area (Å²) in [7, 11) is 0. The number of halogens is 1. The lowest BCUT2D eigenvalue weighted by atomic mass is 9.73. The molecule has 6 rings (SSSR count). The first-order chi connectivity index (χ1) is 20.3. The summed E-state index contributed by atoms with van der Waals surface area (Å²) >= 11 is 6.66. The van der Waals surface area contributed by atoms with Gasteiger partial charge in [0.1, 0.15) is 23.2 Å². The zero-order valence-corrected chi connectivity index (χ0v) is 24.5. The number of anilines is 1. The molecule has 2 aromatic carbocycles. The van der Waals surface area contributed by atoms with E-state index in [0.29, 0.717) is 30.0 Å². The maximum atomic E-state index is 14.9. The van der Waals surface area contributed by atoms with Crippen molar-refractivity contribution in [1.82, 2.24) is 4.90 Å². The van der Waals surface area contributed by atoms with Crippen LogP contribution in [0.25, 0.3) is 0 Å². The van der Waals surface area contributed by atoms with Crippen molar-refractivity contribution in [3.8, 4) is 0 Å². The van der Waals surface area contributed by atoms with E-state index in [9.17, 15) is 19.5 Å². The molecular formula is C33H35ClN2O6. The Balaban J connectivity index is 1.54. The summed E-state index contributed by atoms with van der Waals surface area (Å²) in [6.07, 6.45) is 8.68. The fraction of sp³-hybridized carbons (Fsp3) is 0.424. The zero-order valence-electron chi connectivity index (χ0n) is 23.7. The van der Waals surface area contributed by atoms with Gasteiger partial charge in [-0.15, -0.1) is 0 Å². The van der Waals surface area contributed by atoms with Gasteiger partial charge < -0.3 is 24.4 Å². The summed E-state index contributed by atoms with van der Waals surface area (Å²) in [6.45, 7) is 3.82.